The molecule has 0 aromatic heterocycles. The second-order valence-electron chi connectivity index (χ2n) is 7.04. The molecule has 0 spiro atoms. The maximum atomic E-state index is 12.5. The van der Waals surface area contributed by atoms with Crippen molar-refractivity contribution < 1.29 is 9.59 Å². The van der Waals surface area contributed by atoms with E-state index in [2.05, 4.69) is 43.4 Å². The number of carbonyl (C=O) groups is 2. The van der Waals surface area contributed by atoms with Crippen LogP contribution in [0.15, 0.2) is 24.3 Å². The zero-order valence-electron chi connectivity index (χ0n) is 15.7. The Bertz CT molecular complexity index is 546. The van der Waals surface area contributed by atoms with Gasteiger partial charge in [0.2, 0.25) is 11.8 Å². The number of amides is 2. The minimum atomic E-state index is 0.0634. The highest BCUT2D eigenvalue weighted by molar-refractivity contribution is 5.81. The molecule has 0 saturated carbocycles. The summed E-state index contributed by atoms with van der Waals surface area (Å²) in [6.45, 7) is 6.38. The van der Waals surface area contributed by atoms with Crippen LogP contribution in [-0.4, -0.2) is 36.3 Å². The second kappa shape index (κ2) is 10.2. The van der Waals surface area contributed by atoms with Gasteiger partial charge in [-0.25, -0.2) is 0 Å². The summed E-state index contributed by atoms with van der Waals surface area (Å²) in [7, 11) is 0. The van der Waals surface area contributed by atoms with Crippen molar-refractivity contribution in [2.24, 2.45) is 5.92 Å². The van der Waals surface area contributed by atoms with Crippen LogP contribution in [-0.2, 0) is 22.4 Å². The second-order valence-corrected chi connectivity index (χ2v) is 7.04. The number of aryl methyl sites for hydroxylation is 1. The molecule has 1 fully saturated rings. The van der Waals surface area contributed by atoms with Crippen molar-refractivity contribution in [3.63, 3.8) is 0 Å². The Kier molecular flexibility index (Phi) is 7.96. The van der Waals surface area contributed by atoms with Gasteiger partial charge < -0.3 is 10.2 Å². The number of nitrogens with zero attached hydrogens (tertiary/aromatic N) is 1. The Balaban J connectivity index is 1.77. The largest absolute Gasteiger partial charge is 0.356 e. The van der Waals surface area contributed by atoms with Gasteiger partial charge in [-0.2, -0.15) is 0 Å². The monoisotopic (exact) mass is 344 g/mol. The number of benzene rings is 1. The third-order valence-corrected chi connectivity index (χ3v) is 4.97. The molecule has 1 aromatic carbocycles. The minimum Gasteiger partial charge on any atom is -0.356 e. The number of piperidine rings is 1. The molecule has 1 aromatic rings. The lowest BCUT2D eigenvalue weighted by molar-refractivity contribution is -0.135. The van der Waals surface area contributed by atoms with E-state index in [9.17, 15) is 9.59 Å². The van der Waals surface area contributed by atoms with Gasteiger partial charge >= 0.3 is 0 Å². The Morgan fingerprint density at radius 3 is 2.28 bits per heavy atom. The normalized spacial score (nSPS) is 15.2. The molecule has 0 bridgehead atoms. The summed E-state index contributed by atoms with van der Waals surface area (Å²) in [5, 5.41) is 2.96. The van der Waals surface area contributed by atoms with Crippen LogP contribution in [0.3, 0.4) is 0 Å². The molecule has 2 amide bonds. The third-order valence-electron chi connectivity index (χ3n) is 4.97. The van der Waals surface area contributed by atoms with Crippen LogP contribution >= 0.6 is 0 Å². The van der Waals surface area contributed by atoms with E-state index in [-0.39, 0.29) is 17.7 Å². The summed E-state index contributed by atoms with van der Waals surface area (Å²) >= 11 is 0. The lowest BCUT2D eigenvalue weighted by Crippen LogP contribution is -2.43. The highest BCUT2D eigenvalue weighted by atomic mass is 16.2. The van der Waals surface area contributed by atoms with Crippen molar-refractivity contribution in [1.82, 2.24) is 10.2 Å². The molecule has 0 unspecified atom stereocenters. The summed E-state index contributed by atoms with van der Waals surface area (Å²) < 4.78 is 0. The SMILES string of the molecule is CCCCc1ccc(CC(=O)N2CCC(C(=O)NCCC)CC2)cc1. The number of hydrogen-bond acceptors (Lipinski definition) is 2. The molecule has 25 heavy (non-hydrogen) atoms. The summed E-state index contributed by atoms with van der Waals surface area (Å²) in [5.41, 5.74) is 2.42. The summed E-state index contributed by atoms with van der Waals surface area (Å²) in [6, 6.07) is 8.44. The van der Waals surface area contributed by atoms with E-state index in [0.29, 0.717) is 19.5 Å². The van der Waals surface area contributed by atoms with Crippen molar-refractivity contribution in [1.29, 1.82) is 0 Å². The van der Waals surface area contributed by atoms with Crippen molar-refractivity contribution in [3.05, 3.63) is 35.4 Å². The fourth-order valence-electron chi connectivity index (χ4n) is 3.27. The first-order chi connectivity index (χ1) is 12.1. The van der Waals surface area contributed by atoms with Gasteiger partial charge in [0.25, 0.3) is 0 Å². The molecule has 4 heteroatoms. The molecule has 1 aliphatic heterocycles. The Morgan fingerprint density at radius 1 is 1.04 bits per heavy atom. The van der Waals surface area contributed by atoms with Gasteiger partial charge in [0.15, 0.2) is 0 Å². The zero-order chi connectivity index (χ0) is 18.1. The van der Waals surface area contributed by atoms with Crippen LogP contribution in [0.25, 0.3) is 0 Å². The van der Waals surface area contributed by atoms with Gasteiger partial charge in [-0.1, -0.05) is 44.5 Å². The van der Waals surface area contributed by atoms with E-state index in [1.807, 2.05) is 4.90 Å². The highest BCUT2D eigenvalue weighted by Gasteiger charge is 2.26. The highest BCUT2D eigenvalue weighted by Crippen LogP contribution is 2.18. The molecule has 0 atom stereocenters. The van der Waals surface area contributed by atoms with Crippen LogP contribution in [0.5, 0.6) is 0 Å². The summed E-state index contributed by atoms with van der Waals surface area (Å²) in [6.07, 6.45) is 6.49. The molecular formula is C21H32N2O2. The molecule has 138 valence electrons. The molecule has 1 aliphatic rings. The molecule has 1 N–H and O–H groups in total. The lowest BCUT2D eigenvalue weighted by atomic mass is 9.95. The first-order valence-electron chi connectivity index (χ1n) is 9.77. The number of unbranched alkanes of at least 4 members (excludes halogenated alkanes) is 1. The third kappa shape index (κ3) is 6.18. The molecule has 1 saturated heterocycles. The van der Waals surface area contributed by atoms with E-state index in [1.165, 1.54) is 18.4 Å². The Labute approximate surface area is 152 Å². The predicted molar refractivity (Wildman–Crippen MR) is 101 cm³/mol. The molecule has 2 rings (SSSR count). The smallest absolute Gasteiger partial charge is 0.226 e. The van der Waals surface area contributed by atoms with Crippen LogP contribution in [0.1, 0.15) is 57.1 Å². The van der Waals surface area contributed by atoms with Crippen LogP contribution in [0.2, 0.25) is 0 Å². The quantitative estimate of drug-likeness (QED) is 0.786. The van der Waals surface area contributed by atoms with E-state index in [0.717, 1.165) is 37.8 Å². The first kappa shape index (κ1) is 19.5. The van der Waals surface area contributed by atoms with Gasteiger partial charge in [-0.3, -0.25) is 9.59 Å². The number of likely N-dealkylation sites (tertiary alicyclic amines) is 1. The van der Waals surface area contributed by atoms with Gasteiger partial charge in [0, 0.05) is 25.6 Å². The molecule has 0 aliphatic carbocycles. The lowest BCUT2D eigenvalue weighted by Gasteiger charge is -2.31. The first-order valence-corrected chi connectivity index (χ1v) is 9.77. The number of rotatable bonds is 8. The van der Waals surface area contributed by atoms with Gasteiger partial charge in [0.1, 0.15) is 0 Å². The van der Waals surface area contributed by atoms with Gasteiger partial charge in [0.05, 0.1) is 6.42 Å². The van der Waals surface area contributed by atoms with Crippen molar-refractivity contribution in [2.75, 3.05) is 19.6 Å². The molecule has 1 heterocycles. The number of hydrogen-bond donors (Lipinski definition) is 1. The average molecular weight is 344 g/mol. The Morgan fingerprint density at radius 2 is 1.68 bits per heavy atom. The minimum absolute atomic E-state index is 0.0634. The fourth-order valence-corrected chi connectivity index (χ4v) is 3.27. The van der Waals surface area contributed by atoms with Crippen LogP contribution in [0.4, 0.5) is 0 Å². The number of nitrogens with one attached hydrogen (secondary N) is 1. The summed E-state index contributed by atoms with van der Waals surface area (Å²) in [5.74, 6) is 0.388. The summed E-state index contributed by atoms with van der Waals surface area (Å²) in [4.78, 5) is 26.4. The molecular weight excluding hydrogens is 312 g/mol. The zero-order valence-corrected chi connectivity index (χ0v) is 15.7. The topological polar surface area (TPSA) is 49.4 Å². The van der Waals surface area contributed by atoms with Crippen molar-refractivity contribution in [2.45, 2.75) is 58.8 Å². The Hall–Kier alpha value is -1.84. The van der Waals surface area contributed by atoms with Gasteiger partial charge in [-0.15, -0.1) is 0 Å². The van der Waals surface area contributed by atoms with E-state index >= 15 is 0 Å². The maximum Gasteiger partial charge on any atom is 0.226 e. The molecule has 4 nitrogen and oxygen atoms in total. The standard InChI is InChI=1S/C21H32N2O2/c1-3-5-6-17-7-9-18(10-8-17)16-20(24)23-14-11-19(12-15-23)21(25)22-13-4-2/h7-10,19H,3-6,11-16H2,1-2H3,(H,22,25). The van der Waals surface area contributed by atoms with Gasteiger partial charge in [-0.05, 0) is 43.2 Å². The average Bonchev–Trinajstić information content (AvgIpc) is 2.65. The number of carbonyl (C=O) groups excluding carboxylic acids is 2. The predicted octanol–water partition coefficient (Wildman–Crippen LogP) is 3.34. The maximum absolute atomic E-state index is 12.5. The molecule has 0 radical (unpaired) electrons. The van der Waals surface area contributed by atoms with Crippen molar-refractivity contribution in [3.8, 4) is 0 Å². The fraction of sp³-hybridized carbons (Fsp3) is 0.619. The van der Waals surface area contributed by atoms with Crippen LogP contribution in [0, 0.1) is 5.92 Å². The van der Waals surface area contributed by atoms with E-state index < -0.39 is 0 Å². The van der Waals surface area contributed by atoms with E-state index in [4.69, 9.17) is 0 Å². The van der Waals surface area contributed by atoms with E-state index in [1.54, 1.807) is 0 Å². The van der Waals surface area contributed by atoms with Crippen molar-refractivity contribution >= 4 is 11.8 Å². The van der Waals surface area contributed by atoms with Crippen LogP contribution < -0.4 is 5.32 Å².